The lowest BCUT2D eigenvalue weighted by Crippen LogP contribution is -2.11. The summed E-state index contributed by atoms with van der Waals surface area (Å²) in [7, 11) is 1.62. The van der Waals surface area contributed by atoms with Crippen LogP contribution >= 0.6 is 11.6 Å². The van der Waals surface area contributed by atoms with Crippen LogP contribution < -0.4 is 4.74 Å². The van der Waals surface area contributed by atoms with Crippen LogP contribution in [0.4, 0.5) is 0 Å². The van der Waals surface area contributed by atoms with Crippen LogP contribution in [0.3, 0.4) is 0 Å². The van der Waals surface area contributed by atoms with Gasteiger partial charge in [0.05, 0.1) is 26.1 Å². The number of hydrogen-bond acceptors (Lipinski definition) is 6. The van der Waals surface area contributed by atoms with Gasteiger partial charge in [-0.2, -0.15) is 9.97 Å². The third-order valence-corrected chi connectivity index (χ3v) is 2.29. The Balaban J connectivity index is 1.89. The quantitative estimate of drug-likeness (QED) is 0.599. The van der Waals surface area contributed by atoms with Gasteiger partial charge >= 0.3 is 0 Å². The fourth-order valence-corrected chi connectivity index (χ4v) is 1.48. The summed E-state index contributed by atoms with van der Waals surface area (Å²) in [6.07, 6.45) is 1.51. The van der Waals surface area contributed by atoms with Gasteiger partial charge in [0.25, 0.3) is 0 Å². The topological polar surface area (TPSA) is 82.2 Å². The Kier molecular flexibility index (Phi) is 4.68. The van der Waals surface area contributed by atoms with Crippen LogP contribution in [0.1, 0.15) is 0 Å². The molecule has 0 atom stereocenters. The van der Waals surface area contributed by atoms with Crippen molar-refractivity contribution in [3.8, 4) is 5.88 Å². The molecule has 0 saturated heterocycles. The van der Waals surface area contributed by atoms with E-state index in [-0.39, 0.29) is 5.28 Å². The maximum Gasteiger partial charge on any atom is 0.244 e. The van der Waals surface area contributed by atoms with Crippen molar-refractivity contribution in [2.75, 3.05) is 33.5 Å². The molecule has 2 aromatic heterocycles. The first kappa shape index (κ1) is 13.0. The Labute approximate surface area is 108 Å². The Morgan fingerprint density at radius 1 is 1.22 bits per heavy atom. The van der Waals surface area contributed by atoms with E-state index in [2.05, 4.69) is 19.9 Å². The molecule has 0 unspecified atom stereocenters. The molecular weight excluding hydrogens is 260 g/mol. The van der Waals surface area contributed by atoms with E-state index in [1.807, 2.05) is 0 Å². The Hall–Kier alpha value is -1.44. The number of nitrogens with zero attached hydrogens (tertiary/aromatic N) is 3. The highest BCUT2D eigenvalue weighted by molar-refractivity contribution is 6.28. The average Bonchev–Trinajstić information content (AvgIpc) is 2.81. The predicted molar refractivity (Wildman–Crippen MR) is 64.9 cm³/mol. The maximum atomic E-state index is 5.76. The fraction of sp³-hybridized carbons (Fsp3) is 0.500. The van der Waals surface area contributed by atoms with Gasteiger partial charge in [0.15, 0.2) is 5.65 Å². The van der Waals surface area contributed by atoms with E-state index in [1.165, 1.54) is 6.33 Å². The van der Waals surface area contributed by atoms with Gasteiger partial charge in [-0.25, -0.2) is 4.98 Å². The minimum Gasteiger partial charge on any atom is -0.474 e. The molecular formula is C10H13ClN4O3. The Morgan fingerprint density at radius 2 is 2.06 bits per heavy atom. The lowest BCUT2D eigenvalue weighted by atomic mass is 10.5. The molecule has 2 rings (SSSR count). The Morgan fingerprint density at radius 3 is 2.89 bits per heavy atom. The summed E-state index contributed by atoms with van der Waals surface area (Å²) in [5.41, 5.74) is 1.10. The number of aromatic amines is 1. The second-order valence-corrected chi connectivity index (χ2v) is 3.69. The summed E-state index contributed by atoms with van der Waals surface area (Å²) < 4.78 is 15.6. The molecule has 8 heteroatoms. The molecule has 0 bridgehead atoms. The summed E-state index contributed by atoms with van der Waals surface area (Å²) in [4.78, 5) is 14.8. The molecule has 0 aromatic carbocycles. The lowest BCUT2D eigenvalue weighted by molar-refractivity contribution is 0.0539. The molecule has 0 aliphatic heterocycles. The van der Waals surface area contributed by atoms with Crippen molar-refractivity contribution in [1.82, 2.24) is 19.9 Å². The number of halogens is 1. The van der Waals surface area contributed by atoms with Gasteiger partial charge in [0.2, 0.25) is 11.2 Å². The molecule has 18 heavy (non-hydrogen) atoms. The van der Waals surface area contributed by atoms with Gasteiger partial charge in [0.1, 0.15) is 12.1 Å². The molecule has 0 saturated carbocycles. The third-order valence-electron chi connectivity index (χ3n) is 2.12. The number of hydrogen-bond donors (Lipinski definition) is 1. The van der Waals surface area contributed by atoms with Gasteiger partial charge in [-0.3, -0.25) is 0 Å². The van der Waals surface area contributed by atoms with Gasteiger partial charge in [-0.15, -0.1) is 0 Å². The standard InChI is InChI=1S/C10H13ClN4O3/c1-16-2-3-17-4-5-18-9-7-8(13-6-12-7)14-10(11)15-9/h6H,2-5H2,1H3,(H,12,13,14,15). The number of methoxy groups -OCH3 is 1. The van der Waals surface area contributed by atoms with Crippen LogP contribution in [-0.4, -0.2) is 53.5 Å². The largest absolute Gasteiger partial charge is 0.474 e. The minimum atomic E-state index is 0.102. The molecule has 2 heterocycles. The van der Waals surface area contributed by atoms with Gasteiger partial charge in [-0.1, -0.05) is 0 Å². The summed E-state index contributed by atoms with van der Waals surface area (Å²) in [6, 6.07) is 0. The third kappa shape index (κ3) is 3.28. The van der Waals surface area contributed by atoms with Gasteiger partial charge in [-0.05, 0) is 11.6 Å². The number of rotatable bonds is 7. The van der Waals surface area contributed by atoms with Crippen LogP contribution in [0, 0.1) is 0 Å². The van der Waals surface area contributed by atoms with E-state index in [1.54, 1.807) is 7.11 Å². The number of aromatic nitrogens is 4. The van der Waals surface area contributed by atoms with Gasteiger partial charge < -0.3 is 19.2 Å². The van der Waals surface area contributed by atoms with Crippen molar-refractivity contribution in [3.05, 3.63) is 11.6 Å². The van der Waals surface area contributed by atoms with Crippen LogP contribution in [0.2, 0.25) is 5.28 Å². The number of imidazole rings is 1. The fourth-order valence-electron chi connectivity index (χ4n) is 1.33. The molecule has 2 aromatic rings. The number of H-pyrrole nitrogens is 1. The van der Waals surface area contributed by atoms with Crippen LogP contribution in [-0.2, 0) is 9.47 Å². The molecule has 0 radical (unpaired) electrons. The summed E-state index contributed by atoms with van der Waals surface area (Å²) in [5.74, 6) is 0.373. The highest BCUT2D eigenvalue weighted by atomic mass is 35.5. The maximum absolute atomic E-state index is 5.76. The highest BCUT2D eigenvalue weighted by Gasteiger charge is 2.09. The van der Waals surface area contributed by atoms with Crippen LogP contribution in [0.25, 0.3) is 11.2 Å². The second-order valence-electron chi connectivity index (χ2n) is 3.35. The number of fused-ring (bicyclic) bond motifs is 1. The van der Waals surface area contributed by atoms with Crippen LogP contribution in [0.15, 0.2) is 6.33 Å². The van der Waals surface area contributed by atoms with E-state index in [0.717, 1.165) is 0 Å². The summed E-state index contributed by atoms with van der Waals surface area (Å²) >= 11 is 5.76. The molecule has 0 aliphatic rings. The number of ether oxygens (including phenoxy) is 3. The molecule has 0 aliphatic carbocycles. The monoisotopic (exact) mass is 272 g/mol. The van der Waals surface area contributed by atoms with E-state index in [0.29, 0.717) is 43.5 Å². The minimum absolute atomic E-state index is 0.102. The van der Waals surface area contributed by atoms with Crippen molar-refractivity contribution in [2.24, 2.45) is 0 Å². The van der Waals surface area contributed by atoms with Crippen molar-refractivity contribution < 1.29 is 14.2 Å². The molecule has 98 valence electrons. The number of nitrogens with one attached hydrogen (secondary N) is 1. The molecule has 0 spiro atoms. The molecule has 7 nitrogen and oxygen atoms in total. The van der Waals surface area contributed by atoms with E-state index in [4.69, 9.17) is 25.8 Å². The first-order chi connectivity index (χ1) is 8.81. The summed E-state index contributed by atoms with van der Waals surface area (Å²) in [6.45, 7) is 1.90. The molecule has 0 amide bonds. The zero-order chi connectivity index (χ0) is 12.8. The first-order valence-corrected chi connectivity index (χ1v) is 5.75. The Bertz CT molecular complexity index is 505. The van der Waals surface area contributed by atoms with Crippen LogP contribution in [0.5, 0.6) is 5.88 Å². The molecule has 0 fully saturated rings. The highest BCUT2D eigenvalue weighted by Crippen LogP contribution is 2.20. The normalized spacial score (nSPS) is 11.0. The van der Waals surface area contributed by atoms with Crippen molar-refractivity contribution in [3.63, 3.8) is 0 Å². The smallest absolute Gasteiger partial charge is 0.244 e. The second kappa shape index (κ2) is 6.48. The van der Waals surface area contributed by atoms with E-state index >= 15 is 0 Å². The van der Waals surface area contributed by atoms with E-state index < -0.39 is 0 Å². The predicted octanol–water partition coefficient (Wildman–Crippen LogP) is 1.05. The molecule has 1 N–H and O–H groups in total. The van der Waals surface area contributed by atoms with Crippen molar-refractivity contribution in [1.29, 1.82) is 0 Å². The zero-order valence-corrected chi connectivity index (χ0v) is 10.6. The zero-order valence-electron chi connectivity index (χ0n) is 9.85. The lowest BCUT2D eigenvalue weighted by Gasteiger charge is -2.06. The van der Waals surface area contributed by atoms with Crippen molar-refractivity contribution in [2.45, 2.75) is 0 Å². The van der Waals surface area contributed by atoms with Gasteiger partial charge in [0, 0.05) is 7.11 Å². The van der Waals surface area contributed by atoms with E-state index in [9.17, 15) is 0 Å². The summed E-state index contributed by atoms with van der Waals surface area (Å²) in [5, 5.41) is 0.102. The van der Waals surface area contributed by atoms with Crippen molar-refractivity contribution >= 4 is 22.8 Å². The average molecular weight is 273 g/mol. The SMILES string of the molecule is COCCOCCOc1nc(Cl)nc2nc[nH]c12. The first-order valence-electron chi connectivity index (χ1n) is 5.37.